The van der Waals surface area contributed by atoms with Gasteiger partial charge >= 0.3 is 12.0 Å². The molecule has 0 atom stereocenters. The average molecular weight is 497 g/mol. The molecular formula is C28H37FN4O3. The Bertz CT molecular complexity index is 1070. The van der Waals surface area contributed by atoms with E-state index in [1.807, 2.05) is 20.8 Å². The molecule has 8 heteroatoms. The Balaban J connectivity index is 0.000000384. The maximum Gasteiger partial charge on any atom is 0.356 e. The number of halogens is 1. The Morgan fingerprint density at radius 1 is 0.972 bits per heavy atom. The standard InChI is InChI=1S/C19H24N4O3.C7H7F.C2H6/c1-2-4-15-5-3-6-16(13-15)14-21-9-11-22(12-10-21)19(26)23-8-7-17(20-23)18(24)25;1-6-2-4-7(8)5-3-6;1-2/h3,5-8,13H,2,4,9-12,14H2,1H3,(H,24,25);2-5H,1H3;1-2H3. The lowest BCUT2D eigenvalue weighted by Crippen LogP contribution is -2.49. The Labute approximate surface area is 213 Å². The Morgan fingerprint density at radius 3 is 2.17 bits per heavy atom. The van der Waals surface area contributed by atoms with Crippen molar-refractivity contribution in [1.82, 2.24) is 19.6 Å². The van der Waals surface area contributed by atoms with E-state index < -0.39 is 5.97 Å². The van der Waals surface area contributed by atoms with Crippen LogP contribution in [0.15, 0.2) is 60.8 Å². The molecule has 3 aromatic rings. The van der Waals surface area contributed by atoms with Gasteiger partial charge in [0.15, 0.2) is 5.69 Å². The number of carbonyl (C=O) groups excluding carboxylic acids is 1. The van der Waals surface area contributed by atoms with Crippen LogP contribution in [0.2, 0.25) is 0 Å². The molecule has 194 valence electrons. The van der Waals surface area contributed by atoms with Crippen molar-refractivity contribution in [3.05, 3.63) is 89.0 Å². The van der Waals surface area contributed by atoms with Gasteiger partial charge in [-0.1, -0.05) is 69.2 Å². The predicted molar refractivity (Wildman–Crippen MR) is 140 cm³/mol. The lowest BCUT2D eigenvalue weighted by atomic mass is 10.1. The van der Waals surface area contributed by atoms with Crippen LogP contribution >= 0.6 is 0 Å². The Kier molecular flexibility index (Phi) is 11.8. The summed E-state index contributed by atoms with van der Waals surface area (Å²) in [6.07, 6.45) is 3.64. The molecule has 1 amide bonds. The highest BCUT2D eigenvalue weighted by Gasteiger charge is 2.23. The van der Waals surface area contributed by atoms with Crippen molar-refractivity contribution in [1.29, 1.82) is 0 Å². The molecule has 7 nitrogen and oxygen atoms in total. The van der Waals surface area contributed by atoms with Crippen LogP contribution in [0.5, 0.6) is 0 Å². The topological polar surface area (TPSA) is 78.7 Å². The van der Waals surface area contributed by atoms with E-state index in [0.717, 1.165) is 42.7 Å². The first-order chi connectivity index (χ1) is 17.4. The van der Waals surface area contributed by atoms with E-state index in [9.17, 15) is 14.0 Å². The number of aromatic nitrogens is 2. The summed E-state index contributed by atoms with van der Waals surface area (Å²) in [7, 11) is 0. The van der Waals surface area contributed by atoms with Crippen molar-refractivity contribution in [2.45, 2.75) is 47.1 Å². The molecule has 4 rings (SSSR count). The highest BCUT2D eigenvalue weighted by atomic mass is 19.1. The fourth-order valence-electron chi connectivity index (χ4n) is 3.75. The Morgan fingerprint density at radius 2 is 1.61 bits per heavy atom. The zero-order valence-electron chi connectivity index (χ0n) is 21.7. The van der Waals surface area contributed by atoms with Gasteiger partial charge in [-0.3, -0.25) is 4.90 Å². The van der Waals surface area contributed by atoms with Crippen LogP contribution in [0.1, 0.15) is 54.4 Å². The molecule has 0 saturated carbocycles. The van der Waals surface area contributed by atoms with E-state index in [4.69, 9.17) is 5.11 Å². The lowest BCUT2D eigenvalue weighted by molar-refractivity contribution is 0.0689. The number of nitrogens with zero attached hydrogens (tertiary/aromatic N) is 4. The number of hydrogen-bond acceptors (Lipinski definition) is 4. The highest BCUT2D eigenvalue weighted by Crippen LogP contribution is 2.13. The van der Waals surface area contributed by atoms with E-state index in [-0.39, 0.29) is 17.5 Å². The number of rotatable bonds is 5. The second-order valence-electron chi connectivity index (χ2n) is 8.36. The van der Waals surface area contributed by atoms with Crippen LogP contribution in [0.4, 0.5) is 9.18 Å². The number of piperazine rings is 1. The quantitative estimate of drug-likeness (QED) is 0.506. The maximum absolute atomic E-state index is 12.4. The minimum Gasteiger partial charge on any atom is -0.476 e. The van der Waals surface area contributed by atoms with Crippen molar-refractivity contribution in [3.8, 4) is 0 Å². The normalized spacial score (nSPS) is 13.2. The largest absolute Gasteiger partial charge is 0.476 e. The number of amides is 1. The number of aryl methyl sites for hydroxylation is 2. The van der Waals surface area contributed by atoms with Gasteiger partial charge in [0.05, 0.1) is 0 Å². The van der Waals surface area contributed by atoms with Gasteiger partial charge in [-0.05, 0) is 42.7 Å². The minimum atomic E-state index is -1.13. The third kappa shape index (κ3) is 8.92. The molecule has 0 radical (unpaired) electrons. The molecule has 1 aliphatic heterocycles. The van der Waals surface area contributed by atoms with E-state index in [1.165, 1.54) is 35.5 Å². The summed E-state index contributed by atoms with van der Waals surface area (Å²) >= 11 is 0. The molecule has 1 saturated heterocycles. The molecule has 0 unspecified atom stereocenters. The van der Waals surface area contributed by atoms with Crippen molar-refractivity contribution >= 4 is 12.0 Å². The van der Waals surface area contributed by atoms with Crippen LogP contribution < -0.4 is 0 Å². The van der Waals surface area contributed by atoms with Crippen LogP contribution in [0, 0.1) is 12.7 Å². The molecule has 1 fully saturated rings. The average Bonchev–Trinajstić information content (AvgIpc) is 3.39. The zero-order chi connectivity index (χ0) is 26.5. The molecule has 1 N–H and O–H groups in total. The van der Waals surface area contributed by atoms with Crippen molar-refractivity contribution in [3.63, 3.8) is 0 Å². The first kappa shape index (κ1) is 28.7. The van der Waals surface area contributed by atoms with Gasteiger partial charge in [0, 0.05) is 38.9 Å². The predicted octanol–water partition coefficient (Wildman–Crippen LogP) is 5.48. The van der Waals surface area contributed by atoms with Gasteiger partial charge in [-0.15, -0.1) is 0 Å². The zero-order valence-corrected chi connectivity index (χ0v) is 21.7. The molecule has 0 bridgehead atoms. The Hall–Kier alpha value is -3.52. The number of carboxylic acid groups (broad SMARTS) is 1. The van der Waals surface area contributed by atoms with E-state index in [1.54, 1.807) is 17.0 Å². The summed E-state index contributed by atoms with van der Waals surface area (Å²) in [5.74, 6) is -1.30. The number of hydrogen-bond donors (Lipinski definition) is 1. The first-order valence-corrected chi connectivity index (χ1v) is 12.5. The van der Waals surface area contributed by atoms with E-state index >= 15 is 0 Å². The fraction of sp³-hybridized carbons (Fsp3) is 0.393. The molecule has 0 aliphatic carbocycles. The number of benzene rings is 2. The van der Waals surface area contributed by atoms with Gasteiger partial charge in [0.2, 0.25) is 0 Å². The maximum atomic E-state index is 12.4. The first-order valence-electron chi connectivity index (χ1n) is 12.5. The monoisotopic (exact) mass is 496 g/mol. The van der Waals surface area contributed by atoms with Crippen molar-refractivity contribution < 1.29 is 19.1 Å². The summed E-state index contributed by atoms with van der Waals surface area (Å²) in [6.45, 7) is 11.8. The molecule has 1 aliphatic rings. The second-order valence-corrected chi connectivity index (χ2v) is 8.36. The summed E-state index contributed by atoms with van der Waals surface area (Å²) in [4.78, 5) is 27.4. The summed E-state index contributed by atoms with van der Waals surface area (Å²) in [5.41, 5.74) is 3.64. The summed E-state index contributed by atoms with van der Waals surface area (Å²) in [5, 5.41) is 12.7. The smallest absolute Gasteiger partial charge is 0.356 e. The van der Waals surface area contributed by atoms with Crippen LogP contribution in [0.25, 0.3) is 0 Å². The molecule has 2 aromatic carbocycles. The fourth-order valence-corrected chi connectivity index (χ4v) is 3.75. The molecule has 36 heavy (non-hydrogen) atoms. The van der Waals surface area contributed by atoms with E-state index in [2.05, 4.69) is 41.2 Å². The number of aromatic carboxylic acids is 1. The minimum absolute atomic E-state index is 0.121. The SMILES string of the molecule is CC.CCCc1cccc(CN2CCN(C(=O)n3ccc(C(=O)O)n3)CC2)c1.Cc1ccc(F)cc1. The molecular weight excluding hydrogens is 459 g/mol. The lowest BCUT2D eigenvalue weighted by Gasteiger charge is -2.34. The van der Waals surface area contributed by atoms with Gasteiger partial charge in [0.25, 0.3) is 0 Å². The highest BCUT2D eigenvalue weighted by molar-refractivity contribution is 5.86. The number of carboxylic acids is 1. The van der Waals surface area contributed by atoms with Gasteiger partial charge < -0.3 is 10.0 Å². The van der Waals surface area contributed by atoms with Crippen LogP contribution in [-0.4, -0.2) is 62.9 Å². The van der Waals surface area contributed by atoms with Gasteiger partial charge in [-0.2, -0.15) is 9.78 Å². The molecule has 0 spiro atoms. The van der Waals surface area contributed by atoms with Crippen LogP contribution in [0.3, 0.4) is 0 Å². The van der Waals surface area contributed by atoms with Crippen molar-refractivity contribution in [2.75, 3.05) is 26.2 Å². The van der Waals surface area contributed by atoms with Crippen molar-refractivity contribution in [2.24, 2.45) is 0 Å². The third-order valence-corrected chi connectivity index (χ3v) is 5.59. The number of carbonyl (C=O) groups is 2. The molecule has 1 aromatic heterocycles. The van der Waals surface area contributed by atoms with Crippen LogP contribution in [-0.2, 0) is 13.0 Å². The van der Waals surface area contributed by atoms with Gasteiger partial charge in [-0.25, -0.2) is 14.0 Å². The van der Waals surface area contributed by atoms with Gasteiger partial charge in [0.1, 0.15) is 5.82 Å². The second kappa shape index (κ2) is 14.8. The molecule has 2 heterocycles. The summed E-state index contributed by atoms with van der Waals surface area (Å²) in [6, 6.07) is 16.1. The summed E-state index contributed by atoms with van der Waals surface area (Å²) < 4.78 is 13.2. The third-order valence-electron chi connectivity index (χ3n) is 5.59. The van der Waals surface area contributed by atoms with E-state index in [0.29, 0.717) is 13.1 Å².